The third-order valence-electron chi connectivity index (χ3n) is 5.91. The van der Waals surface area contributed by atoms with E-state index >= 15 is 0 Å². The lowest BCUT2D eigenvalue weighted by Gasteiger charge is -2.32. The summed E-state index contributed by atoms with van der Waals surface area (Å²) in [5.41, 5.74) is 1.26. The minimum absolute atomic E-state index is 0.0485. The van der Waals surface area contributed by atoms with Gasteiger partial charge in [0.1, 0.15) is 12.6 Å². The van der Waals surface area contributed by atoms with Gasteiger partial charge in [0.15, 0.2) is 0 Å². The Balaban J connectivity index is 1.95. The van der Waals surface area contributed by atoms with E-state index in [4.69, 9.17) is 11.6 Å². The van der Waals surface area contributed by atoms with Crippen LogP contribution in [0.4, 0.5) is 5.69 Å². The van der Waals surface area contributed by atoms with Gasteiger partial charge in [0.05, 0.1) is 10.6 Å². The van der Waals surface area contributed by atoms with Crippen molar-refractivity contribution >= 4 is 39.1 Å². The molecular weight excluding hydrogens is 510 g/mol. The lowest BCUT2D eigenvalue weighted by molar-refractivity contribution is -0.138. The molecular formula is C28H32ClN3O4S. The average molecular weight is 542 g/mol. The number of benzene rings is 3. The van der Waals surface area contributed by atoms with Crippen molar-refractivity contribution in [2.24, 2.45) is 0 Å². The molecule has 0 heterocycles. The molecule has 7 nitrogen and oxygen atoms in total. The maximum absolute atomic E-state index is 13.7. The van der Waals surface area contributed by atoms with E-state index in [0.717, 1.165) is 16.3 Å². The van der Waals surface area contributed by atoms with Crippen LogP contribution in [0.3, 0.4) is 0 Å². The standard InChI is InChI=1S/C28H32ClN3O4S/c1-3-18-30-28(34)22(2)31(19-17-23-11-6-4-7-12-23)27(33)21-32(25-14-10-13-24(29)20-25)37(35,36)26-15-8-5-9-16-26/h4-16,20,22H,3,17-19,21H2,1-2H3,(H,30,34)/t22-/m0/s1. The van der Waals surface area contributed by atoms with Crippen LogP contribution in [0.15, 0.2) is 89.8 Å². The van der Waals surface area contributed by atoms with Gasteiger partial charge in [0.25, 0.3) is 10.0 Å². The molecule has 37 heavy (non-hydrogen) atoms. The van der Waals surface area contributed by atoms with Gasteiger partial charge in [0, 0.05) is 18.1 Å². The lowest BCUT2D eigenvalue weighted by atomic mass is 10.1. The fourth-order valence-electron chi connectivity index (χ4n) is 3.85. The molecule has 1 atom stereocenters. The van der Waals surface area contributed by atoms with Crippen LogP contribution in [-0.2, 0) is 26.0 Å². The highest BCUT2D eigenvalue weighted by Crippen LogP contribution is 2.26. The molecule has 0 aliphatic rings. The van der Waals surface area contributed by atoms with E-state index in [1.807, 2.05) is 37.3 Å². The molecule has 1 N–H and O–H groups in total. The molecule has 0 saturated carbocycles. The van der Waals surface area contributed by atoms with Crippen molar-refractivity contribution in [1.29, 1.82) is 0 Å². The van der Waals surface area contributed by atoms with E-state index in [1.165, 1.54) is 23.1 Å². The van der Waals surface area contributed by atoms with Gasteiger partial charge in [-0.15, -0.1) is 0 Å². The first-order valence-electron chi connectivity index (χ1n) is 12.2. The highest BCUT2D eigenvalue weighted by Gasteiger charge is 2.32. The maximum atomic E-state index is 13.7. The van der Waals surface area contributed by atoms with E-state index in [2.05, 4.69) is 5.32 Å². The number of amides is 2. The van der Waals surface area contributed by atoms with Crippen LogP contribution < -0.4 is 9.62 Å². The number of nitrogens with zero attached hydrogens (tertiary/aromatic N) is 2. The molecule has 9 heteroatoms. The Hall–Kier alpha value is -3.36. The number of hydrogen-bond donors (Lipinski definition) is 1. The Kier molecular flexibility index (Phi) is 10.1. The summed E-state index contributed by atoms with van der Waals surface area (Å²) in [6, 6.07) is 23.1. The first kappa shape index (κ1) is 28.2. The molecule has 0 aliphatic heterocycles. The molecule has 3 aromatic rings. The van der Waals surface area contributed by atoms with Crippen LogP contribution in [0.25, 0.3) is 0 Å². The quantitative estimate of drug-likeness (QED) is 0.365. The Morgan fingerprint density at radius 2 is 1.59 bits per heavy atom. The average Bonchev–Trinajstić information content (AvgIpc) is 2.91. The third-order valence-corrected chi connectivity index (χ3v) is 7.93. The fourth-order valence-corrected chi connectivity index (χ4v) is 5.46. The number of hydrogen-bond acceptors (Lipinski definition) is 4. The largest absolute Gasteiger partial charge is 0.354 e. The van der Waals surface area contributed by atoms with Gasteiger partial charge in [-0.2, -0.15) is 0 Å². The summed E-state index contributed by atoms with van der Waals surface area (Å²) < 4.78 is 28.4. The minimum atomic E-state index is -4.10. The molecule has 0 radical (unpaired) electrons. The van der Waals surface area contributed by atoms with Crippen LogP contribution in [0.5, 0.6) is 0 Å². The molecule has 3 rings (SSSR count). The second kappa shape index (κ2) is 13.3. The van der Waals surface area contributed by atoms with Gasteiger partial charge in [0.2, 0.25) is 11.8 Å². The molecule has 0 spiro atoms. The lowest BCUT2D eigenvalue weighted by Crippen LogP contribution is -2.52. The van der Waals surface area contributed by atoms with Crippen molar-refractivity contribution < 1.29 is 18.0 Å². The van der Waals surface area contributed by atoms with Crippen LogP contribution in [0, 0.1) is 0 Å². The first-order valence-corrected chi connectivity index (χ1v) is 14.0. The number of carbonyl (C=O) groups is 2. The SMILES string of the molecule is CCCNC(=O)[C@H](C)N(CCc1ccccc1)C(=O)CN(c1cccc(Cl)c1)S(=O)(=O)c1ccccc1. The molecule has 0 aliphatic carbocycles. The summed E-state index contributed by atoms with van der Waals surface area (Å²) in [6.45, 7) is 3.85. The number of rotatable bonds is 12. The molecule has 0 saturated heterocycles. The van der Waals surface area contributed by atoms with Gasteiger partial charge in [-0.05, 0) is 55.7 Å². The van der Waals surface area contributed by atoms with Crippen molar-refractivity contribution in [3.05, 3.63) is 95.5 Å². The first-order chi connectivity index (χ1) is 17.7. The Morgan fingerprint density at radius 1 is 0.946 bits per heavy atom. The zero-order chi connectivity index (χ0) is 26.8. The summed E-state index contributed by atoms with van der Waals surface area (Å²) in [4.78, 5) is 28.1. The molecule has 3 aromatic carbocycles. The zero-order valence-electron chi connectivity index (χ0n) is 21.0. The molecule has 2 amide bonds. The molecule has 0 fully saturated rings. The third kappa shape index (κ3) is 7.57. The highest BCUT2D eigenvalue weighted by atomic mass is 35.5. The summed E-state index contributed by atoms with van der Waals surface area (Å²) in [7, 11) is -4.10. The summed E-state index contributed by atoms with van der Waals surface area (Å²) in [5, 5.41) is 3.17. The Labute approximate surface area is 224 Å². The highest BCUT2D eigenvalue weighted by molar-refractivity contribution is 7.92. The number of anilines is 1. The second-order valence-electron chi connectivity index (χ2n) is 8.59. The monoisotopic (exact) mass is 541 g/mol. The summed E-state index contributed by atoms with van der Waals surface area (Å²) in [5.74, 6) is -0.780. The Bertz CT molecular complexity index is 1290. The molecule has 0 bridgehead atoms. The molecule has 0 unspecified atom stereocenters. The van der Waals surface area contributed by atoms with E-state index in [-0.39, 0.29) is 23.0 Å². The van der Waals surface area contributed by atoms with Gasteiger partial charge < -0.3 is 10.2 Å². The predicted octanol–water partition coefficient (Wildman–Crippen LogP) is 4.52. The van der Waals surface area contributed by atoms with Crippen molar-refractivity contribution in [2.75, 3.05) is 23.9 Å². The van der Waals surface area contributed by atoms with Gasteiger partial charge in [-0.25, -0.2) is 8.42 Å². The zero-order valence-corrected chi connectivity index (χ0v) is 22.6. The molecule has 196 valence electrons. The topological polar surface area (TPSA) is 86.8 Å². The van der Waals surface area contributed by atoms with Crippen molar-refractivity contribution in [2.45, 2.75) is 37.6 Å². The van der Waals surface area contributed by atoms with Crippen molar-refractivity contribution in [3.63, 3.8) is 0 Å². The second-order valence-corrected chi connectivity index (χ2v) is 10.9. The number of halogens is 1. The van der Waals surface area contributed by atoms with Crippen LogP contribution >= 0.6 is 11.6 Å². The molecule has 0 aromatic heterocycles. The normalized spacial score (nSPS) is 12.0. The number of sulfonamides is 1. The van der Waals surface area contributed by atoms with Gasteiger partial charge >= 0.3 is 0 Å². The minimum Gasteiger partial charge on any atom is -0.354 e. The van der Waals surface area contributed by atoms with Crippen LogP contribution in [-0.4, -0.2) is 50.8 Å². The van der Waals surface area contributed by atoms with Crippen molar-refractivity contribution in [3.8, 4) is 0 Å². The smallest absolute Gasteiger partial charge is 0.264 e. The Morgan fingerprint density at radius 3 is 2.22 bits per heavy atom. The fraction of sp³-hybridized carbons (Fsp3) is 0.286. The van der Waals surface area contributed by atoms with Crippen LogP contribution in [0.1, 0.15) is 25.8 Å². The van der Waals surface area contributed by atoms with Gasteiger partial charge in [-0.3, -0.25) is 13.9 Å². The van der Waals surface area contributed by atoms with Crippen LogP contribution in [0.2, 0.25) is 5.02 Å². The van der Waals surface area contributed by atoms with E-state index in [0.29, 0.717) is 18.0 Å². The van der Waals surface area contributed by atoms with E-state index in [1.54, 1.807) is 43.3 Å². The van der Waals surface area contributed by atoms with Crippen molar-refractivity contribution in [1.82, 2.24) is 10.2 Å². The van der Waals surface area contributed by atoms with Gasteiger partial charge in [-0.1, -0.05) is 73.1 Å². The number of carbonyl (C=O) groups excluding carboxylic acids is 2. The summed E-state index contributed by atoms with van der Waals surface area (Å²) in [6.07, 6.45) is 1.27. The summed E-state index contributed by atoms with van der Waals surface area (Å²) >= 11 is 6.17. The maximum Gasteiger partial charge on any atom is 0.264 e. The van der Waals surface area contributed by atoms with E-state index < -0.39 is 28.5 Å². The van der Waals surface area contributed by atoms with E-state index in [9.17, 15) is 18.0 Å². The predicted molar refractivity (Wildman–Crippen MR) is 147 cm³/mol. The number of nitrogens with one attached hydrogen (secondary N) is 1.